The first-order valence-corrected chi connectivity index (χ1v) is 4.80. The topological polar surface area (TPSA) is 33.2 Å². The minimum absolute atomic E-state index is 0.366. The number of rotatable bonds is 1. The molecular weight excluding hydrogens is 221 g/mol. The smallest absolute Gasteiger partial charge is 0.338 e. The van der Waals surface area contributed by atoms with Crippen molar-refractivity contribution in [3.63, 3.8) is 0 Å². The van der Waals surface area contributed by atoms with Crippen molar-refractivity contribution < 1.29 is 18.0 Å². The lowest BCUT2D eigenvalue weighted by Gasteiger charge is -2.31. The maximum Gasteiger partial charge on any atom is 0.417 e. The summed E-state index contributed by atoms with van der Waals surface area (Å²) in [6.07, 6.45) is -1.66. The second kappa shape index (κ2) is 3.77. The predicted octanol–water partition coefficient (Wildman–Crippen LogP) is 1.95. The van der Waals surface area contributed by atoms with Crippen molar-refractivity contribution in [3.05, 3.63) is 29.6 Å². The molecule has 0 atom stereocenters. The van der Waals surface area contributed by atoms with Crippen molar-refractivity contribution >= 4 is 5.91 Å². The van der Waals surface area contributed by atoms with E-state index in [1.165, 1.54) is 4.90 Å². The number of alkyl halides is 3. The number of halogens is 3. The highest BCUT2D eigenvalue weighted by Crippen LogP contribution is 2.32. The molecule has 1 aromatic heterocycles. The van der Waals surface area contributed by atoms with E-state index >= 15 is 0 Å². The number of amides is 1. The molecule has 1 saturated heterocycles. The van der Waals surface area contributed by atoms with E-state index in [9.17, 15) is 18.0 Å². The van der Waals surface area contributed by atoms with Gasteiger partial charge in [0.05, 0.1) is 11.1 Å². The van der Waals surface area contributed by atoms with Gasteiger partial charge in [0.2, 0.25) is 0 Å². The summed E-state index contributed by atoms with van der Waals surface area (Å²) in [6.45, 7) is 1.04. The van der Waals surface area contributed by atoms with Crippen LogP contribution in [-0.4, -0.2) is 28.9 Å². The zero-order valence-electron chi connectivity index (χ0n) is 8.29. The summed E-state index contributed by atoms with van der Waals surface area (Å²) in [6, 6.07) is 0.826. The van der Waals surface area contributed by atoms with Gasteiger partial charge in [0.1, 0.15) is 0 Å². The van der Waals surface area contributed by atoms with Crippen LogP contribution in [0.3, 0.4) is 0 Å². The first-order chi connectivity index (χ1) is 7.50. The van der Waals surface area contributed by atoms with Crippen LogP contribution in [-0.2, 0) is 6.18 Å². The lowest BCUT2D eigenvalue weighted by molar-refractivity contribution is -0.138. The molecule has 1 aliphatic heterocycles. The van der Waals surface area contributed by atoms with Crippen LogP contribution in [0.25, 0.3) is 0 Å². The molecule has 0 saturated carbocycles. The molecule has 1 aliphatic rings. The summed E-state index contributed by atoms with van der Waals surface area (Å²) in [5.41, 5.74) is -1.28. The standard InChI is InChI=1S/C10H9F3N2O/c11-10(12,13)8-2-3-14-6-7(8)9(16)15-4-1-5-15/h2-3,6H,1,4-5H2. The van der Waals surface area contributed by atoms with E-state index < -0.39 is 17.6 Å². The van der Waals surface area contributed by atoms with Gasteiger partial charge in [0.15, 0.2) is 0 Å². The molecule has 86 valence electrons. The van der Waals surface area contributed by atoms with Crippen molar-refractivity contribution in [2.24, 2.45) is 0 Å². The van der Waals surface area contributed by atoms with Crippen molar-refractivity contribution in [2.75, 3.05) is 13.1 Å². The van der Waals surface area contributed by atoms with Crippen molar-refractivity contribution in [1.29, 1.82) is 0 Å². The van der Waals surface area contributed by atoms with E-state index in [-0.39, 0.29) is 5.56 Å². The third-order valence-electron chi connectivity index (χ3n) is 2.50. The second-order valence-electron chi connectivity index (χ2n) is 3.56. The monoisotopic (exact) mass is 230 g/mol. The van der Waals surface area contributed by atoms with Crippen LogP contribution >= 0.6 is 0 Å². The molecule has 0 bridgehead atoms. The van der Waals surface area contributed by atoms with Crippen molar-refractivity contribution in [1.82, 2.24) is 9.88 Å². The molecule has 16 heavy (non-hydrogen) atoms. The number of carbonyl (C=O) groups excluding carboxylic acids is 1. The van der Waals surface area contributed by atoms with Gasteiger partial charge < -0.3 is 4.90 Å². The van der Waals surface area contributed by atoms with Crippen LogP contribution in [0.5, 0.6) is 0 Å². The number of hydrogen-bond acceptors (Lipinski definition) is 2. The van der Waals surface area contributed by atoms with Gasteiger partial charge in [0.25, 0.3) is 5.91 Å². The maximum atomic E-state index is 12.6. The Morgan fingerprint density at radius 3 is 2.56 bits per heavy atom. The highest BCUT2D eigenvalue weighted by molar-refractivity contribution is 5.96. The zero-order chi connectivity index (χ0) is 11.8. The summed E-state index contributed by atoms with van der Waals surface area (Å²) >= 11 is 0. The number of likely N-dealkylation sites (tertiary alicyclic amines) is 1. The lowest BCUT2D eigenvalue weighted by atomic mass is 10.1. The number of nitrogens with zero attached hydrogens (tertiary/aromatic N) is 2. The number of pyridine rings is 1. The highest BCUT2D eigenvalue weighted by atomic mass is 19.4. The van der Waals surface area contributed by atoms with E-state index in [1.807, 2.05) is 0 Å². The molecule has 0 radical (unpaired) electrons. The van der Waals surface area contributed by atoms with Crippen LogP contribution in [0.4, 0.5) is 13.2 Å². The Labute approximate surface area is 89.9 Å². The van der Waals surface area contributed by atoms with Crippen molar-refractivity contribution in [3.8, 4) is 0 Å². The molecule has 1 aromatic rings. The fourth-order valence-corrected chi connectivity index (χ4v) is 1.50. The molecule has 1 amide bonds. The third kappa shape index (κ3) is 1.87. The van der Waals surface area contributed by atoms with Gasteiger partial charge in [0, 0.05) is 25.5 Å². The average Bonchev–Trinajstić information content (AvgIpc) is 2.13. The van der Waals surface area contributed by atoms with E-state index in [0.717, 1.165) is 24.9 Å². The Kier molecular flexibility index (Phi) is 2.57. The van der Waals surface area contributed by atoms with Gasteiger partial charge in [-0.05, 0) is 12.5 Å². The average molecular weight is 230 g/mol. The van der Waals surface area contributed by atoms with E-state index in [1.54, 1.807) is 0 Å². The molecule has 0 aromatic carbocycles. The molecule has 0 unspecified atom stereocenters. The largest absolute Gasteiger partial charge is 0.417 e. The van der Waals surface area contributed by atoms with Gasteiger partial charge in [-0.25, -0.2) is 0 Å². The summed E-state index contributed by atoms with van der Waals surface area (Å²) in [5, 5.41) is 0. The van der Waals surface area contributed by atoms with Crippen LogP contribution in [0, 0.1) is 0 Å². The maximum absolute atomic E-state index is 12.6. The van der Waals surface area contributed by atoms with Gasteiger partial charge in [-0.1, -0.05) is 0 Å². The summed E-state index contributed by atoms with van der Waals surface area (Å²) in [4.78, 5) is 16.6. The zero-order valence-corrected chi connectivity index (χ0v) is 8.29. The number of carbonyl (C=O) groups is 1. The quantitative estimate of drug-likeness (QED) is 0.738. The SMILES string of the molecule is O=C(c1cnccc1C(F)(F)F)N1CCC1. The molecule has 0 N–H and O–H groups in total. The van der Waals surface area contributed by atoms with Gasteiger partial charge in [-0.3, -0.25) is 9.78 Å². The van der Waals surface area contributed by atoms with Gasteiger partial charge >= 0.3 is 6.18 Å². The van der Waals surface area contributed by atoms with Crippen LogP contribution in [0.2, 0.25) is 0 Å². The van der Waals surface area contributed by atoms with E-state index in [0.29, 0.717) is 13.1 Å². The molecule has 6 heteroatoms. The van der Waals surface area contributed by atoms with Crippen LogP contribution in [0.1, 0.15) is 22.3 Å². The fourth-order valence-electron chi connectivity index (χ4n) is 1.50. The Morgan fingerprint density at radius 2 is 2.06 bits per heavy atom. The van der Waals surface area contributed by atoms with E-state index in [4.69, 9.17) is 0 Å². The van der Waals surface area contributed by atoms with Gasteiger partial charge in [-0.15, -0.1) is 0 Å². The fraction of sp³-hybridized carbons (Fsp3) is 0.400. The first kappa shape index (κ1) is 10.9. The molecular formula is C10H9F3N2O. The molecule has 0 spiro atoms. The summed E-state index contributed by atoms with van der Waals surface area (Å²) < 4.78 is 37.8. The molecule has 1 fully saturated rings. The Morgan fingerprint density at radius 1 is 1.38 bits per heavy atom. The Bertz CT molecular complexity index is 413. The molecule has 2 rings (SSSR count). The normalized spacial score (nSPS) is 15.8. The summed E-state index contributed by atoms with van der Waals surface area (Å²) in [7, 11) is 0. The predicted molar refractivity (Wildman–Crippen MR) is 49.8 cm³/mol. The Balaban J connectivity index is 2.36. The minimum atomic E-state index is -4.52. The molecule has 3 nitrogen and oxygen atoms in total. The third-order valence-corrected chi connectivity index (χ3v) is 2.50. The number of aromatic nitrogens is 1. The molecule has 2 heterocycles. The van der Waals surface area contributed by atoms with Crippen LogP contribution < -0.4 is 0 Å². The summed E-state index contributed by atoms with van der Waals surface area (Å²) in [5.74, 6) is -0.591. The van der Waals surface area contributed by atoms with Crippen molar-refractivity contribution in [2.45, 2.75) is 12.6 Å². The lowest BCUT2D eigenvalue weighted by Crippen LogP contribution is -2.42. The van der Waals surface area contributed by atoms with Gasteiger partial charge in [-0.2, -0.15) is 13.2 Å². The molecule has 0 aliphatic carbocycles. The first-order valence-electron chi connectivity index (χ1n) is 4.80. The van der Waals surface area contributed by atoms with E-state index in [2.05, 4.69) is 4.98 Å². The number of hydrogen-bond donors (Lipinski definition) is 0. The Hall–Kier alpha value is -1.59. The second-order valence-corrected chi connectivity index (χ2v) is 3.56. The minimum Gasteiger partial charge on any atom is -0.338 e. The van der Waals surface area contributed by atoms with Crippen LogP contribution in [0.15, 0.2) is 18.5 Å². The highest BCUT2D eigenvalue weighted by Gasteiger charge is 2.36.